The Kier molecular flexibility index (Phi) is 3.16. The molecule has 1 N–H and O–H groups in total. The fraction of sp³-hybridized carbons (Fsp3) is 0.333. The topological polar surface area (TPSA) is 12.0 Å². The van der Waals surface area contributed by atoms with Crippen molar-refractivity contribution in [3.63, 3.8) is 0 Å². The van der Waals surface area contributed by atoms with Gasteiger partial charge in [-0.1, -0.05) is 22.0 Å². The van der Waals surface area contributed by atoms with Crippen LogP contribution in [0.1, 0.15) is 24.1 Å². The van der Waals surface area contributed by atoms with Crippen molar-refractivity contribution >= 4 is 28.3 Å². The maximum atomic E-state index is 3.46. The van der Waals surface area contributed by atoms with Crippen LogP contribution in [-0.4, -0.2) is 0 Å². The van der Waals surface area contributed by atoms with Crippen LogP contribution in [0.25, 0.3) is 0 Å². The van der Waals surface area contributed by atoms with E-state index in [0.29, 0.717) is 6.04 Å². The summed E-state index contributed by atoms with van der Waals surface area (Å²) in [6.07, 6.45) is 0. The van der Waals surface area contributed by atoms with Gasteiger partial charge in [0.05, 0.1) is 0 Å². The first-order chi connectivity index (χ1) is 5.27. The minimum absolute atomic E-state index is 0. The highest BCUT2D eigenvalue weighted by Gasteiger charge is 2.16. The second-order valence-electron chi connectivity index (χ2n) is 2.95. The molecular weight excluding hydrogens is 237 g/mol. The van der Waals surface area contributed by atoms with Crippen LogP contribution in [0.3, 0.4) is 0 Å². The van der Waals surface area contributed by atoms with Crippen LogP contribution in [0.5, 0.6) is 0 Å². The number of fused-ring (bicyclic) bond motifs is 1. The molecule has 2 rings (SSSR count). The van der Waals surface area contributed by atoms with Crippen LogP contribution in [-0.2, 0) is 6.54 Å². The van der Waals surface area contributed by atoms with Gasteiger partial charge in [-0.05, 0) is 30.2 Å². The SMILES string of the molecule is CC1NCc2ccc(Br)cc21.Cl. The molecule has 1 heterocycles. The normalized spacial score (nSPS) is 20.0. The average molecular weight is 249 g/mol. The number of halogens is 2. The van der Waals surface area contributed by atoms with Crippen molar-refractivity contribution in [1.82, 2.24) is 5.32 Å². The van der Waals surface area contributed by atoms with Crippen molar-refractivity contribution < 1.29 is 0 Å². The molecule has 12 heavy (non-hydrogen) atoms. The maximum Gasteiger partial charge on any atom is 0.0298 e. The molecule has 3 heteroatoms. The van der Waals surface area contributed by atoms with E-state index < -0.39 is 0 Å². The molecule has 66 valence electrons. The zero-order chi connectivity index (χ0) is 7.84. The lowest BCUT2D eigenvalue weighted by molar-refractivity contribution is 0.633. The second-order valence-corrected chi connectivity index (χ2v) is 3.86. The van der Waals surface area contributed by atoms with Crippen molar-refractivity contribution in [3.05, 3.63) is 33.8 Å². The third-order valence-corrected chi connectivity index (χ3v) is 2.67. The predicted octanol–water partition coefficient (Wildman–Crippen LogP) is 3.04. The highest BCUT2D eigenvalue weighted by atomic mass is 79.9. The summed E-state index contributed by atoms with van der Waals surface area (Å²) in [6, 6.07) is 6.98. The van der Waals surface area contributed by atoms with E-state index in [-0.39, 0.29) is 12.4 Å². The maximum absolute atomic E-state index is 3.46. The van der Waals surface area contributed by atoms with Crippen molar-refractivity contribution in [3.8, 4) is 0 Å². The Morgan fingerprint density at radius 1 is 1.50 bits per heavy atom. The molecule has 1 aromatic rings. The van der Waals surface area contributed by atoms with Crippen LogP contribution in [0.2, 0.25) is 0 Å². The van der Waals surface area contributed by atoms with Gasteiger partial charge in [0.1, 0.15) is 0 Å². The highest BCUT2D eigenvalue weighted by Crippen LogP contribution is 2.27. The quantitative estimate of drug-likeness (QED) is 0.744. The van der Waals surface area contributed by atoms with Gasteiger partial charge in [0.15, 0.2) is 0 Å². The molecule has 0 aromatic heterocycles. The summed E-state index contributed by atoms with van der Waals surface area (Å²) in [5.74, 6) is 0. The molecule has 1 nitrogen and oxygen atoms in total. The van der Waals surface area contributed by atoms with Crippen molar-refractivity contribution in [1.29, 1.82) is 0 Å². The lowest BCUT2D eigenvalue weighted by atomic mass is 10.1. The summed E-state index contributed by atoms with van der Waals surface area (Å²) in [6.45, 7) is 3.21. The average Bonchev–Trinajstić information content (AvgIpc) is 2.33. The van der Waals surface area contributed by atoms with Crippen molar-refractivity contribution in [2.24, 2.45) is 0 Å². The number of hydrogen-bond acceptors (Lipinski definition) is 1. The molecule has 0 bridgehead atoms. The molecule has 0 fully saturated rings. The summed E-state index contributed by atoms with van der Waals surface area (Å²) in [5, 5.41) is 3.39. The third kappa shape index (κ3) is 1.65. The highest BCUT2D eigenvalue weighted by molar-refractivity contribution is 9.10. The van der Waals surface area contributed by atoms with Gasteiger partial charge in [0, 0.05) is 17.1 Å². The molecule has 0 amide bonds. The summed E-state index contributed by atoms with van der Waals surface area (Å²) in [7, 11) is 0. The number of rotatable bonds is 0. The first kappa shape index (κ1) is 10.0. The van der Waals surface area contributed by atoms with E-state index in [9.17, 15) is 0 Å². The van der Waals surface area contributed by atoms with Crippen molar-refractivity contribution in [2.75, 3.05) is 0 Å². The van der Waals surface area contributed by atoms with Crippen molar-refractivity contribution in [2.45, 2.75) is 19.5 Å². The van der Waals surface area contributed by atoms with Gasteiger partial charge < -0.3 is 5.32 Å². The molecular formula is C9H11BrClN. The predicted molar refractivity (Wildman–Crippen MR) is 56.6 cm³/mol. The number of benzene rings is 1. The summed E-state index contributed by atoms with van der Waals surface area (Å²) in [4.78, 5) is 0. The van der Waals surface area contributed by atoms with Gasteiger partial charge in [-0.2, -0.15) is 0 Å². The van der Waals surface area contributed by atoms with Crippen LogP contribution < -0.4 is 5.32 Å². The largest absolute Gasteiger partial charge is 0.306 e. The van der Waals surface area contributed by atoms with Gasteiger partial charge >= 0.3 is 0 Å². The Balaban J connectivity index is 0.000000720. The molecule has 1 aliphatic heterocycles. The molecule has 0 saturated heterocycles. The molecule has 1 atom stereocenters. The first-order valence-electron chi connectivity index (χ1n) is 3.79. The zero-order valence-electron chi connectivity index (χ0n) is 6.80. The Bertz CT molecular complexity index is 288. The monoisotopic (exact) mass is 247 g/mol. The van der Waals surface area contributed by atoms with E-state index in [0.717, 1.165) is 6.54 Å². The van der Waals surface area contributed by atoms with Gasteiger partial charge in [-0.3, -0.25) is 0 Å². The lowest BCUT2D eigenvalue weighted by Crippen LogP contribution is -2.06. The number of hydrogen-bond donors (Lipinski definition) is 1. The van der Waals surface area contributed by atoms with Gasteiger partial charge in [-0.15, -0.1) is 12.4 Å². The van der Waals surface area contributed by atoms with Gasteiger partial charge in [0.25, 0.3) is 0 Å². The van der Waals surface area contributed by atoms with Crippen LogP contribution >= 0.6 is 28.3 Å². The lowest BCUT2D eigenvalue weighted by Gasteiger charge is -2.03. The molecule has 1 aliphatic rings. The fourth-order valence-electron chi connectivity index (χ4n) is 1.50. The second kappa shape index (κ2) is 3.77. The zero-order valence-corrected chi connectivity index (χ0v) is 9.21. The van der Waals surface area contributed by atoms with Crippen LogP contribution in [0.15, 0.2) is 22.7 Å². The van der Waals surface area contributed by atoms with Gasteiger partial charge in [0.2, 0.25) is 0 Å². The minimum Gasteiger partial charge on any atom is -0.306 e. The van der Waals surface area contributed by atoms with E-state index >= 15 is 0 Å². The third-order valence-electron chi connectivity index (χ3n) is 2.17. The van der Waals surface area contributed by atoms with E-state index in [4.69, 9.17) is 0 Å². The summed E-state index contributed by atoms with van der Waals surface area (Å²) >= 11 is 3.46. The Hall–Kier alpha value is -0.0500. The molecule has 0 radical (unpaired) electrons. The fourth-order valence-corrected chi connectivity index (χ4v) is 1.88. The summed E-state index contributed by atoms with van der Waals surface area (Å²) < 4.78 is 1.17. The molecule has 0 saturated carbocycles. The van der Waals surface area contributed by atoms with E-state index in [1.807, 2.05) is 0 Å². The molecule has 1 aromatic carbocycles. The van der Waals surface area contributed by atoms with Crippen LogP contribution in [0, 0.1) is 0 Å². The Labute approximate surface area is 87.1 Å². The van der Waals surface area contributed by atoms with E-state index in [1.165, 1.54) is 15.6 Å². The standard InChI is InChI=1S/C9H10BrN.ClH/c1-6-9-4-8(10)3-2-7(9)5-11-6;/h2-4,6,11H,5H2,1H3;1H. The number of nitrogens with one attached hydrogen (secondary N) is 1. The molecule has 0 aliphatic carbocycles. The van der Waals surface area contributed by atoms with Crippen LogP contribution in [0.4, 0.5) is 0 Å². The first-order valence-corrected chi connectivity index (χ1v) is 4.58. The summed E-state index contributed by atoms with van der Waals surface area (Å²) in [5.41, 5.74) is 2.86. The van der Waals surface area contributed by atoms with E-state index in [1.54, 1.807) is 0 Å². The minimum atomic E-state index is 0. The molecule has 0 spiro atoms. The van der Waals surface area contributed by atoms with Gasteiger partial charge in [-0.25, -0.2) is 0 Å². The Morgan fingerprint density at radius 3 is 3.00 bits per heavy atom. The smallest absolute Gasteiger partial charge is 0.0298 e. The van der Waals surface area contributed by atoms with E-state index in [2.05, 4.69) is 46.4 Å². The Morgan fingerprint density at radius 2 is 2.25 bits per heavy atom. The molecule has 1 unspecified atom stereocenters.